The summed E-state index contributed by atoms with van der Waals surface area (Å²) in [6.07, 6.45) is 4.38. The third-order valence-corrected chi connectivity index (χ3v) is 6.10. The van der Waals surface area contributed by atoms with Crippen molar-refractivity contribution in [3.05, 3.63) is 17.5 Å². The van der Waals surface area contributed by atoms with Crippen molar-refractivity contribution in [1.29, 1.82) is 0 Å². The third kappa shape index (κ3) is 6.45. The fourth-order valence-electron chi connectivity index (χ4n) is 4.09. The lowest BCUT2D eigenvalue weighted by molar-refractivity contribution is -0.139. The number of aryl methyl sites for hydroxylation is 3. The molecular formula is C22H39N7O. The number of aromatic nitrogens is 2. The quantitative estimate of drug-likeness (QED) is 0.361. The first-order valence-electron chi connectivity index (χ1n) is 11.6. The molecule has 2 N–H and O–H groups in total. The van der Waals surface area contributed by atoms with Crippen molar-refractivity contribution >= 4 is 11.9 Å². The number of carbonyl (C=O) groups is 1. The number of rotatable bonds is 9. The van der Waals surface area contributed by atoms with Crippen LogP contribution in [-0.4, -0.2) is 83.8 Å². The maximum Gasteiger partial charge on any atom is 0.225 e. The summed E-state index contributed by atoms with van der Waals surface area (Å²) in [5, 5.41) is 11.3. The summed E-state index contributed by atoms with van der Waals surface area (Å²) < 4.78 is 2.06. The van der Waals surface area contributed by atoms with E-state index in [1.807, 2.05) is 6.92 Å². The summed E-state index contributed by atoms with van der Waals surface area (Å²) in [5.41, 5.74) is 2.27. The third-order valence-electron chi connectivity index (χ3n) is 6.10. The summed E-state index contributed by atoms with van der Waals surface area (Å²) >= 11 is 0. The summed E-state index contributed by atoms with van der Waals surface area (Å²) in [6.45, 7) is 14.2. The lowest BCUT2D eigenvalue weighted by Crippen LogP contribution is -2.52. The molecule has 1 amide bonds. The van der Waals surface area contributed by atoms with Crippen LogP contribution < -0.4 is 10.6 Å². The highest BCUT2D eigenvalue weighted by Crippen LogP contribution is 2.28. The number of aliphatic imine (C=N–C) groups is 1. The van der Waals surface area contributed by atoms with Crippen molar-refractivity contribution in [2.45, 2.75) is 53.0 Å². The number of carbonyl (C=O) groups excluding carboxylic acids is 1. The molecule has 3 rings (SSSR count). The second-order valence-electron chi connectivity index (χ2n) is 8.49. The van der Waals surface area contributed by atoms with Crippen LogP contribution in [0.15, 0.2) is 11.1 Å². The van der Waals surface area contributed by atoms with Crippen molar-refractivity contribution in [3.63, 3.8) is 0 Å². The van der Waals surface area contributed by atoms with Crippen LogP contribution in [0.4, 0.5) is 0 Å². The van der Waals surface area contributed by atoms with Crippen molar-refractivity contribution in [3.8, 4) is 0 Å². The lowest BCUT2D eigenvalue weighted by Gasteiger charge is -2.38. The number of guanidine groups is 1. The summed E-state index contributed by atoms with van der Waals surface area (Å²) in [6, 6.07) is 2.11. The Morgan fingerprint density at radius 2 is 1.93 bits per heavy atom. The first kappa shape index (κ1) is 22.6. The number of hydrogen-bond donors (Lipinski definition) is 2. The van der Waals surface area contributed by atoms with Gasteiger partial charge in [0.15, 0.2) is 5.96 Å². The average Bonchev–Trinajstić information content (AvgIpc) is 3.01. The molecule has 0 bridgehead atoms. The van der Waals surface area contributed by atoms with E-state index in [0.717, 1.165) is 89.8 Å². The molecule has 0 atom stereocenters. The van der Waals surface area contributed by atoms with E-state index < -0.39 is 0 Å². The molecule has 1 saturated heterocycles. The van der Waals surface area contributed by atoms with E-state index >= 15 is 0 Å². The second kappa shape index (κ2) is 11.3. The Kier molecular flexibility index (Phi) is 8.54. The van der Waals surface area contributed by atoms with Gasteiger partial charge in [-0.15, -0.1) is 0 Å². The molecule has 1 aromatic rings. The van der Waals surface area contributed by atoms with E-state index in [1.54, 1.807) is 0 Å². The number of hydrogen-bond acceptors (Lipinski definition) is 4. The normalized spacial score (nSPS) is 18.4. The maximum absolute atomic E-state index is 12.4. The van der Waals surface area contributed by atoms with Crippen LogP contribution in [0.1, 0.15) is 44.0 Å². The van der Waals surface area contributed by atoms with Gasteiger partial charge in [-0.25, -0.2) is 0 Å². The van der Waals surface area contributed by atoms with Crippen LogP contribution in [0.3, 0.4) is 0 Å². The zero-order valence-corrected chi connectivity index (χ0v) is 19.0. The van der Waals surface area contributed by atoms with Gasteiger partial charge in [0.25, 0.3) is 0 Å². The fourth-order valence-corrected chi connectivity index (χ4v) is 4.09. The number of nitrogens with one attached hydrogen (secondary N) is 2. The van der Waals surface area contributed by atoms with Gasteiger partial charge < -0.3 is 15.5 Å². The van der Waals surface area contributed by atoms with Crippen molar-refractivity contribution < 1.29 is 4.79 Å². The van der Waals surface area contributed by atoms with Crippen LogP contribution >= 0.6 is 0 Å². The summed E-state index contributed by atoms with van der Waals surface area (Å²) in [7, 11) is 0. The fraction of sp³-hybridized carbons (Fsp3) is 0.773. The van der Waals surface area contributed by atoms with Crippen LogP contribution in [0, 0.1) is 19.8 Å². The molecule has 0 unspecified atom stereocenters. The Bertz CT molecular complexity index is 702. The van der Waals surface area contributed by atoms with E-state index in [4.69, 9.17) is 4.99 Å². The topological polar surface area (TPSA) is 77.8 Å². The van der Waals surface area contributed by atoms with Crippen molar-refractivity contribution in [2.75, 3.05) is 52.4 Å². The molecule has 8 nitrogen and oxygen atoms in total. The minimum atomic E-state index is 0.318. The molecular weight excluding hydrogens is 378 g/mol. The molecule has 8 heteroatoms. The van der Waals surface area contributed by atoms with E-state index in [1.165, 1.54) is 12.1 Å². The molecule has 30 heavy (non-hydrogen) atoms. The molecule has 0 aromatic carbocycles. The molecule has 1 aliphatic carbocycles. The Morgan fingerprint density at radius 1 is 1.17 bits per heavy atom. The largest absolute Gasteiger partial charge is 0.357 e. The van der Waals surface area contributed by atoms with Gasteiger partial charge in [0, 0.05) is 70.5 Å². The molecule has 168 valence electrons. The van der Waals surface area contributed by atoms with Crippen LogP contribution in [0.5, 0.6) is 0 Å². The highest BCUT2D eigenvalue weighted by Gasteiger charge is 2.30. The SMILES string of the molecule is CCNC(=NCCCn1nc(C)cc1C)NCCN1CCN(C(=O)C2CCC2)CC1. The number of nitrogens with zero attached hydrogens (tertiary/aromatic N) is 5. The maximum atomic E-state index is 12.4. The van der Waals surface area contributed by atoms with E-state index in [9.17, 15) is 4.79 Å². The molecule has 2 heterocycles. The van der Waals surface area contributed by atoms with Gasteiger partial charge in [-0.1, -0.05) is 6.42 Å². The Labute approximate surface area is 181 Å². The van der Waals surface area contributed by atoms with E-state index in [-0.39, 0.29) is 0 Å². The zero-order valence-electron chi connectivity index (χ0n) is 19.0. The van der Waals surface area contributed by atoms with Gasteiger partial charge in [0.2, 0.25) is 5.91 Å². The van der Waals surface area contributed by atoms with Crippen LogP contribution in [-0.2, 0) is 11.3 Å². The smallest absolute Gasteiger partial charge is 0.225 e. The van der Waals surface area contributed by atoms with Crippen LogP contribution in [0.25, 0.3) is 0 Å². The Hall–Kier alpha value is -2.09. The second-order valence-corrected chi connectivity index (χ2v) is 8.49. The van der Waals surface area contributed by atoms with Crippen molar-refractivity contribution in [1.82, 2.24) is 30.2 Å². The van der Waals surface area contributed by atoms with Crippen molar-refractivity contribution in [2.24, 2.45) is 10.9 Å². The van der Waals surface area contributed by atoms with Gasteiger partial charge >= 0.3 is 0 Å². The first-order valence-corrected chi connectivity index (χ1v) is 11.6. The van der Waals surface area contributed by atoms with Gasteiger partial charge in [0.1, 0.15) is 0 Å². The molecule has 0 radical (unpaired) electrons. The highest BCUT2D eigenvalue weighted by atomic mass is 16.2. The molecule has 1 aliphatic heterocycles. The van der Waals surface area contributed by atoms with Gasteiger partial charge in [-0.05, 0) is 46.1 Å². The monoisotopic (exact) mass is 417 g/mol. The zero-order chi connectivity index (χ0) is 21.3. The van der Waals surface area contributed by atoms with E-state index in [0.29, 0.717) is 11.8 Å². The lowest BCUT2D eigenvalue weighted by atomic mass is 9.84. The molecule has 2 fully saturated rings. The minimum Gasteiger partial charge on any atom is -0.357 e. The van der Waals surface area contributed by atoms with E-state index in [2.05, 4.69) is 50.1 Å². The summed E-state index contributed by atoms with van der Waals surface area (Å²) in [5.74, 6) is 1.59. The first-order chi connectivity index (χ1) is 14.6. The molecule has 2 aliphatic rings. The number of amides is 1. The average molecular weight is 418 g/mol. The molecule has 1 aromatic heterocycles. The highest BCUT2D eigenvalue weighted by molar-refractivity contribution is 5.80. The molecule has 1 saturated carbocycles. The minimum absolute atomic E-state index is 0.318. The summed E-state index contributed by atoms with van der Waals surface area (Å²) in [4.78, 5) is 21.6. The standard InChI is InChI=1S/C22H39N7O/c1-4-23-22(24-9-6-11-29-19(3)17-18(2)26-29)25-10-12-27-13-15-28(16-14-27)21(30)20-7-5-8-20/h17,20H,4-16H2,1-3H3,(H2,23,24,25). The predicted molar refractivity (Wildman–Crippen MR) is 121 cm³/mol. The molecule has 0 spiro atoms. The number of piperazine rings is 1. The van der Waals surface area contributed by atoms with Gasteiger partial charge in [0.05, 0.1) is 5.69 Å². The van der Waals surface area contributed by atoms with Gasteiger partial charge in [-0.2, -0.15) is 5.10 Å². The Balaban J connectivity index is 1.32. The van der Waals surface area contributed by atoms with Gasteiger partial charge in [-0.3, -0.25) is 19.4 Å². The Morgan fingerprint density at radius 3 is 2.53 bits per heavy atom. The van der Waals surface area contributed by atoms with Crippen LogP contribution in [0.2, 0.25) is 0 Å². The predicted octanol–water partition coefficient (Wildman–Crippen LogP) is 1.39.